The molecule has 0 saturated carbocycles. The fourth-order valence-electron chi connectivity index (χ4n) is 3.79. The van der Waals surface area contributed by atoms with Gasteiger partial charge in [-0.05, 0) is 17.2 Å². The number of carbonyl (C=O) groups excluding carboxylic acids is 1. The second-order valence-electron chi connectivity index (χ2n) is 6.82. The maximum Gasteiger partial charge on any atom is 0.320 e. The summed E-state index contributed by atoms with van der Waals surface area (Å²) >= 11 is 6.29. The van der Waals surface area contributed by atoms with Crippen molar-refractivity contribution in [1.82, 2.24) is 14.7 Å². The highest BCUT2D eigenvalue weighted by atomic mass is 35.5. The molecule has 2 heterocycles. The average molecular weight is 356 g/mol. The van der Waals surface area contributed by atoms with Gasteiger partial charge in [-0.1, -0.05) is 60.1 Å². The number of hydrogen-bond donors (Lipinski definition) is 0. The van der Waals surface area contributed by atoms with Crippen molar-refractivity contribution in [3.63, 3.8) is 0 Å². The Morgan fingerprint density at radius 1 is 0.920 bits per heavy atom. The van der Waals surface area contributed by atoms with Gasteiger partial charge in [-0.25, -0.2) is 4.79 Å². The van der Waals surface area contributed by atoms with Crippen LogP contribution in [0.25, 0.3) is 0 Å². The lowest BCUT2D eigenvalue weighted by Gasteiger charge is -2.36. The lowest BCUT2D eigenvalue weighted by molar-refractivity contribution is 0.116. The SMILES string of the molecule is O=C1N(Cc2ccccc2)C[C@H]2CN(Cc3ccccc3Cl)CCN12. The predicted molar refractivity (Wildman–Crippen MR) is 99.5 cm³/mol. The van der Waals surface area contributed by atoms with Crippen LogP contribution >= 0.6 is 11.6 Å². The van der Waals surface area contributed by atoms with E-state index in [1.807, 2.05) is 46.2 Å². The Bertz CT molecular complexity index is 752. The van der Waals surface area contributed by atoms with Crippen LogP contribution in [0.4, 0.5) is 4.79 Å². The summed E-state index contributed by atoms with van der Waals surface area (Å²) in [5.74, 6) is 0. The smallest absolute Gasteiger partial charge is 0.318 e. The summed E-state index contributed by atoms with van der Waals surface area (Å²) in [6, 6.07) is 18.7. The first-order chi connectivity index (χ1) is 12.2. The van der Waals surface area contributed by atoms with Crippen molar-refractivity contribution in [2.24, 2.45) is 0 Å². The zero-order valence-electron chi connectivity index (χ0n) is 14.1. The van der Waals surface area contributed by atoms with Gasteiger partial charge < -0.3 is 9.80 Å². The molecule has 2 aromatic carbocycles. The van der Waals surface area contributed by atoms with Gasteiger partial charge in [-0.15, -0.1) is 0 Å². The highest BCUT2D eigenvalue weighted by molar-refractivity contribution is 6.31. The number of rotatable bonds is 4. The molecular formula is C20H22ClN3O. The molecule has 0 bridgehead atoms. The molecule has 4 rings (SSSR count). The van der Waals surface area contributed by atoms with Crippen molar-refractivity contribution in [1.29, 1.82) is 0 Å². The number of hydrogen-bond acceptors (Lipinski definition) is 2. The van der Waals surface area contributed by atoms with Gasteiger partial charge in [0.1, 0.15) is 0 Å². The molecule has 4 nitrogen and oxygen atoms in total. The van der Waals surface area contributed by atoms with E-state index in [9.17, 15) is 4.79 Å². The van der Waals surface area contributed by atoms with Crippen LogP contribution < -0.4 is 0 Å². The highest BCUT2D eigenvalue weighted by Crippen LogP contribution is 2.24. The number of amides is 2. The molecule has 1 atom stereocenters. The van der Waals surface area contributed by atoms with Crippen LogP contribution in [0.2, 0.25) is 5.02 Å². The van der Waals surface area contributed by atoms with Gasteiger partial charge >= 0.3 is 6.03 Å². The van der Waals surface area contributed by atoms with E-state index in [0.717, 1.165) is 43.3 Å². The molecule has 2 aliphatic heterocycles. The molecule has 0 aliphatic carbocycles. The van der Waals surface area contributed by atoms with Crippen LogP contribution in [-0.4, -0.2) is 53.0 Å². The zero-order valence-corrected chi connectivity index (χ0v) is 14.9. The molecule has 2 aliphatic rings. The Labute approximate surface area is 153 Å². The molecule has 25 heavy (non-hydrogen) atoms. The maximum atomic E-state index is 12.7. The molecule has 0 aromatic heterocycles. The second kappa shape index (κ2) is 7.06. The van der Waals surface area contributed by atoms with Gasteiger partial charge in [0, 0.05) is 44.3 Å². The van der Waals surface area contributed by atoms with Crippen molar-refractivity contribution in [3.05, 3.63) is 70.7 Å². The third kappa shape index (κ3) is 3.51. The van der Waals surface area contributed by atoms with Gasteiger partial charge in [0.15, 0.2) is 0 Å². The van der Waals surface area contributed by atoms with Gasteiger partial charge in [0.2, 0.25) is 0 Å². The minimum Gasteiger partial charge on any atom is -0.318 e. The highest BCUT2D eigenvalue weighted by Gasteiger charge is 2.40. The predicted octanol–water partition coefficient (Wildman–Crippen LogP) is 3.46. The number of urea groups is 1. The van der Waals surface area contributed by atoms with Crippen LogP contribution in [0.5, 0.6) is 0 Å². The molecular weight excluding hydrogens is 334 g/mol. The Morgan fingerprint density at radius 3 is 2.48 bits per heavy atom. The Kier molecular flexibility index (Phi) is 4.64. The molecule has 0 radical (unpaired) electrons. The van der Waals surface area contributed by atoms with E-state index in [-0.39, 0.29) is 12.1 Å². The minimum atomic E-state index is 0.172. The van der Waals surface area contributed by atoms with Crippen LogP contribution in [0.1, 0.15) is 11.1 Å². The summed E-state index contributed by atoms with van der Waals surface area (Å²) in [6.45, 7) is 4.93. The lowest BCUT2D eigenvalue weighted by Crippen LogP contribution is -2.51. The van der Waals surface area contributed by atoms with Crippen molar-refractivity contribution in [2.75, 3.05) is 26.2 Å². The van der Waals surface area contributed by atoms with E-state index in [4.69, 9.17) is 11.6 Å². The monoisotopic (exact) mass is 355 g/mol. The number of nitrogens with zero attached hydrogens (tertiary/aromatic N) is 3. The van der Waals surface area contributed by atoms with E-state index >= 15 is 0 Å². The molecule has 2 fully saturated rings. The normalized spacial score (nSPS) is 20.8. The largest absolute Gasteiger partial charge is 0.320 e. The summed E-state index contributed by atoms with van der Waals surface area (Å²) < 4.78 is 0. The summed E-state index contributed by atoms with van der Waals surface area (Å²) in [4.78, 5) is 19.1. The van der Waals surface area contributed by atoms with E-state index < -0.39 is 0 Å². The maximum absolute atomic E-state index is 12.7. The number of halogens is 1. The third-order valence-electron chi connectivity index (χ3n) is 5.08. The lowest BCUT2D eigenvalue weighted by atomic mass is 10.1. The van der Waals surface area contributed by atoms with Gasteiger partial charge in [0.05, 0.1) is 6.04 Å². The molecule has 2 aromatic rings. The quantitative estimate of drug-likeness (QED) is 0.839. The van der Waals surface area contributed by atoms with E-state index in [2.05, 4.69) is 23.1 Å². The van der Waals surface area contributed by atoms with Crippen molar-refractivity contribution in [2.45, 2.75) is 19.1 Å². The first kappa shape index (κ1) is 16.4. The Hall–Kier alpha value is -2.04. The average Bonchev–Trinajstić information content (AvgIpc) is 2.93. The minimum absolute atomic E-state index is 0.172. The van der Waals surface area contributed by atoms with Gasteiger partial charge in [0.25, 0.3) is 0 Å². The Morgan fingerprint density at radius 2 is 1.68 bits per heavy atom. The number of carbonyl (C=O) groups is 1. The molecule has 130 valence electrons. The molecule has 2 amide bonds. The standard InChI is InChI=1S/C20H22ClN3O/c21-19-9-5-4-8-17(19)13-22-10-11-24-18(14-22)15-23(20(24)25)12-16-6-2-1-3-7-16/h1-9,18H,10-15H2/t18-/m1/s1. The first-order valence-electron chi connectivity index (χ1n) is 8.76. The zero-order chi connectivity index (χ0) is 17.2. The van der Waals surface area contributed by atoms with Gasteiger partial charge in [-0.3, -0.25) is 4.90 Å². The number of piperazine rings is 1. The second-order valence-corrected chi connectivity index (χ2v) is 7.23. The Balaban J connectivity index is 1.40. The molecule has 2 saturated heterocycles. The molecule has 0 unspecified atom stereocenters. The summed E-state index contributed by atoms with van der Waals surface area (Å²) in [5.41, 5.74) is 2.34. The first-order valence-corrected chi connectivity index (χ1v) is 9.14. The van der Waals surface area contributed by atoms with Crippen molar-refractivity contribution < 1.29 is 4.79 Å². The van der Waals surface area contributed by atoms with E-state index in [1.165, 1.54) is 5.56 Å². The van der Waals surface area contributed by atoms with E-state index in [0.29, 0.717) is 6.54 Å². The van der Waals surface area contributed by atoms with Crippen LogP contribution in [-0.2, 0) is 13.1 Å². The summed E-state index contributed by atoms with van der Waals surface area (Å²) in [7, 11) is 0. The third-order valence-corrected chi connectivity index (χ3v) is 5.45. The summed E-state index contributed by atoms with van der Waals surface area (Å²) in [6.07, 6.45) is 0. The fourth-order valence-corrected chi connectivity index (χ4v) is 3.98. The fraction of sp³-hybridized carbons (Fsp3) is 0.350. The number of benzene rings is 2. The number of fused-ring (bicyclic) bond motifs is 1. The summed E-state index contributed by atoms with van der Waals surface area (Å²) in [5, 5.41) is 0.818. The van der Waals surface area contributed by atoms with Crippen LogP contribution in [0.15, 0.2) is 54.6 Å². The van der Waals surface area contributed by atoms with E-state index in [1.54, 1.807) is 0 Å². The van der Waals surface area contributed by atoms with Crippen molar-refractivity contribution >= 4 is 17.6 Å². The van der Waals surface area contributed by atoms with Crippen LogP contribution in [0.3, 0.4) is 0 Å². The van der Waals surface area contributed by atoms with Crippen LogP contribution in [0, 0.1) is 0 Å². The van der Waals surface area contributed by atoms with Crippen molar-refractivity contribution in [3.8, 4) is 0 Å². The molecule has 0 spiro atoms. The van der Waals surface area contributed by atoms with Gasteiger partial charge in [-0.2, -0.15) is 0 Å². The molecule has 5 heteroatoms. The topological polar surface area (TPSA) is 26.8 Å². The molecule has 0 N–H and O–H groups in total.